The zero-order valence-corrected chi connectivity index (χ0v) is 19.5. The molecule has 7 nitrogen and oxygen atoms in total. The van der Waals surface area contributed by atoms with Gasteiger partial charge in [-0.05, 0) is 18.9 Å². The minimum Gasteiger partial charge on any atom is -0.374 e. The molecular formula is C20H32IN5O2. The molecule has 0 radical (unpaired) electrons. The van der Waals surface area contributed by atoms with E-state index >= 15 is 0 Å². The van der Waals surface area contributed by atoms with Crippen molar-refractivity contribution in [3.63, 3.8) is 0 Å². The molecule has 1 atom stereocenters. The van der Waals surface area contributed by atoms with Crippen LogP contribution in [0, 0.1) is 0 Å². The maximum absolute atomic E-state index is 5.88. The molecular weight excluding hydrogens is 469 g/mol. The molecule has 28 heavy (non-hydrogen) atoms. The van der Waals surface area contributed by atoms with E-state index in [1.807, 2.05) is 32.0 Å². The average molecular weight is 501 g/mol. The summed E-state index contributed by atoms with van der Waals surface area (Å²) < 4.78 is 11.1. The Labute approximate surface area is 184 Å². The fraction of sp³-hybridized carbons (Fsp3) is 0.550. The predicted octanol–water partition coefficient (Wildman–Crippen LogP) is 3.69. The number of guanidine groups is 1. The van der Waals surface area contributed by atoms with Crippen molar-refractivity contribution >= 4 is 29.9 Å². The normalized spacial score (nSPS) is 12.5. The molecule has 2 N–H and O–H groups in total. The number of hydrogen-bond acceptors (Lipinski definition) is 5. The number of aliphatic imine (C=N–C) groups is 1. The zero-order chi connectivity index (χ0) is 19.5. The van der Waals surface area contributed by atoms with Gasteiger partial charge in [-0.25, -0.2) is 0 Å². The van der Waals surface area contributed by atoms with Crippen molar-refractivity contribution in [2.75, 3.05) is 26.7 Å². The first kappa shape index (κ1) is 24.4. The van der Waals surface area contributed by atoms with E-state index in [-0.39, 0.29) is 36.0 Å². The van der Waals surface area contributed by atoms with Crippen LogP contribution in [0.15, 0.2) is 39.8 Å². The van der Waals surface area contributed by atoms with E-state index in [4.69, 9.17) is 9.26 Å². The second kappa shape index (κ2) is 13.5. The van der Waals surface area contributed by atoms with E-state index in [0.29, 0.717) is 25.5 Å². The first-order valence-corrected chi connectivity index (χ1v) is 9.53. The molecule has 0 saturated carbocycles. The van der Waals surface area contributed by atoms with Crippen molar-refractivity contribution in [3.8, 4) is 0 Å². The number of aromatic nitrogens is 2. The summed E-state index contributed by atoms with van der Waals surface area (Å²) in [4.78, 5) is 8.59. The van der Waals surface area contributed by atoms with E-state index in [1.54, 1.807) is 7.05 Å². The molecule has 1 unspecified atom stereocenters. The lowest BCUT2D eigenvalue weighted by Crippen LogP contribution is -2.39. The topological polar surface area (TPSA) is 84.6 Å². The smallest absolute Gasteiger partial charge is 0.228 e. The summed E-state index contributed by atoms with van der Waals surface area (Å²) in [5, 5.41) is 10.5. The van der Waals surface area contributed by atoms with Crippen LogP contribution in [0.25, 0.3) is 0 Å². The Kier molecular flexibility index (Phi) is 11.7. The molecule has 0 aliphatic rings. The first-order valence-electron chi connectivity index (χ1n) is 9.53. The summed E-state index contributed by atoms with van der Waals surface area (Å²) in [6, 6.07) is 10.2. The van der Waals surface area contributed by atoms with Gasteiger partial charge < -0.3 is 19.9 Å². The van der Waals surface area contributed by atoms with Gasteiger partial charge in [0.05, 0.1) is 6.10 Å². The lowest BCUT2D eigenvalue weighted by molar-refractivity contribution is 0.0646. The van der Waals surface area contributed by atoms with Crippen molar-refractivity contribution in [1.82, 2.24) is 20.8 Å². The molecule has 1 aromatic carbocycles. The fourth-order valence-electron chi connectivity index (χ4n) is 2.47. The Hall–Kier alpha value is -1.68. The van der Waals surface area contributed by atoms with Crippen LogP contribution in [0.1, 0.15) is 56.5 Å². The lowest BCUT2D eigenvalue weighted by atomic mass is 10.1. The van der Waals surface area contributed by atoms with Gasteiger partial charge in [0, 0.05) is 39.1 Å². The van der Waals surface area contributed by atoms with Crippen LogP contribution in [-0.4, -0.2) is 42.8 Å². The predicted molar refractivity (Wildman–Crippen MR) is 122 cm³/mol. The monoisotopic (exact) mass is 501 g/mol. The first-order chi connectivity index (χ1) is 13.1. The molecule has 1 aromatic heterocycles. The summed E-state index contributed by atoms with van der Waals surface area (Å²) >= 11 is 0. The maximum Gasteiger partial charge on any atom is 0.228 e. The molecule has 0 aliphatic carbocycles. The SMILES string of the molecule is CN=C(NCCCOC(C)c1ccccc1)NCCc1nc(C(C)C)no1.I. The van der Waals surface area contributed by atoms with Crippen LogP contribution in [0.3, 0.4) is 0 Å². The van der Waals surface area contributed by atoms with Crippen molar-refractivity contribution < 1.29 is 9.26 Å². The van der Waals surface area contributed by atoms with Crippen molar-refractivity contribution in [2.45, 2.75) is 45.6 Å². The molecule has 2 aromatic rings. The van der Waals surface area contributed by atoms with Crippen LogP contribution in [0.5, 0.6) is 0 Å². The highest BCUT2D eigenvalue weighted by atomic mass is 127. The van der Waals surface area contributed by atoms with Crippen molar-refractivity contribution in [3.05, 3.63) is 47.6 Å². The highest BCUT2D eigenvalue weighted by molar-refractivity contribution is 14.0. The summed E-state index contributed by atoms with van der Waals surface area (Å²) in [5.41, 5.74) is 1.20. The van der Waals surface area contributed by atoms with E-state index in [1.165, 1.54) is 5.56 Å². The van der Waals surface area contributed by atoms with Gasteiger partial charge in [-0.15, -0.1) is 24.0 Å². The van der Waals surface area contributed by atoms with E-state index in [0.717, 1.165) is 24.7 Å². The van der Waals surface area contributed by atoms with Gasteiger partial charge in [-0.3, -0.25) is 4.99 Å². The minimum absolute atomic E-state index is 0. The van der Waals surface area contributed by atoms with Gasteiger partial charge in [-0.2, -0.15) is 4.98 Å². The van der Waals surface area contributed by atoms with Crippen LogP contribution >= 0.6 is 24.0 Å². The van der Waals surface area contributed by atoms with Crippen LogP contribution in [0.4, 0.5) is 0 Å². The van der Waals surface area contributed by atoms with Gasteiger partial charge in [0.15, 0.2) is 11.8 Å². The van der Waals surface area contributed by atoms with Crippen LogP contribution < -0.4 is 10.6 Å². The average Bonchev–Trinajstić information content (AvgIpc) is 3.16. The van der Waals surface area contributed by atoms with Gasteiger partial charge in [-0.1, -0.05) is 49.3 Å². The third-order valence-corrected chi connectivity index (χ3v) is 4.11. The maximum atomic E-state index is 5.88. The van der Waals surface area contributed by atoms with Gasteiger partial charge in [0.25, 0.3) is 0 Å². The third kappa shape index (κ3) is 8.55. The number of rotatable bonds is 10. The molecule has 0 spiro atoms. The molecule has 0 saturated heterocycles. The molecule has 0 aliphatic heterocycles. The number of benzene rings is 1. The van der Waals surface area contributed by atoms with Crippen LogP contribution in [0.2, 0.25) is 0 Å². The number of ether oxygens (including phenoxy) is 1. The van der Waals surface area contributed by atoms with Gasteiger partial charge in [0.2, 0.25) is 5.89 Å². The highest BCUT2D eigenvalue weighted by Crippen LogP contribution is 2.15. The van der Waals surface area contributed by atoms with E-state index < -0.39 is 0 Å². The van der Waals surface area contributed by atoms with E-state index in [2.05, 4.69) is 44.8 Å². The molecule has 8 heteroatoms. The lowest BCUT2D eigenvalue weighted by Gasteiger charge is -2.14. The fourth-order valence-corrected chi connectivity index (χ4v) is 2.47. The Bertz CT molecular complexity index is 691. The Morgan fingerprint density at radius 1 is 1.14 bits per heavy atom. The zero-order valence-electron chi connectivity index (χ0n) is 17.1. The molecule has 2 rings (SSSR count). The number of nitrogens with one attached hydrogen (secondary N) is 2. The Balaban J connectivity index is 0.00000392. The second-order valence-corrected chi connectivity index (χ2v) is 6.65. The summed E-state index contributed by atoms with van der Waals surface area (Å²) in [5.74, 6) is 2.42. The van der Waals surface area contributed by atoms with Gasteiger partial charge in [0.1, 0.15) is 0 Å². The van der Waals surface area contributed by atoms with Crippen LogP contribution in [-0.2, 0) is 11.2 Å². The molecule has 0 bridgehead atoms. The molecule has 0 amide bonds. The van der Waals surface area contributed by atoms with E-state index in [9.17, 15) is 0 Å². The minimum atomic E-state index is 0. The van der Waals surface area contributed by atoms with Crippen molar-refractivity contribution in [1.29, 1.82) is 0 Å². The molecule has 156 valence electrons. The Morgan fingerprint density at radius 3 is 2.50 bits per heavy atom. The quantitative estimate of drug-likeness (QED) is 0.224. The van der Waals surface area contributed by atoms with Gasteiger partial charge >= 0.3 is 0 Å². The largest absolute Gasteiger partial charge is 0.374 e. The number of hydrogen-bond donors (Lipinski definition) is 2. The van der Waals surface area contributed by atoms with Crippen molar-refractivity contribution in [2.24, 2.45) is 4.99 Å². The molecule has 1 heterocycles. The number of nitrogens with zero attached hydrogens (tertiary/aromatic N) is 3. The summed E-state index contributed by atoms with van der Waals surface area (Å²) in [7, 11) is 1.76. The Morgan fingerprint density at radius 2 is 1.86 bits per heavy atom. The summed E-state index contributed by atoms with van der Waals surface area (Å²) in [6.45, 7) is 8.33. The third-order valence-electron chi connectivity index (χ3n) is 4.11. The second-order valence-electron chi connectivity index (χ2n) is 6.65. The molecule has 0 fully saturated rings. The number of halogens is 1. The standard InChI is InChI=1S/C20H31N5O2.HI/c1-15(2)19-24-18(27-25-19)11-13-23-20(21-4)22-12-8-14-26-16(3)17-9-6-5-7-10-17;/h5-7,9-10,15-16H,8,11-14H2,1-4H3,(H2,21,22,23);1H. The highest BCUT2D eigenvalue weighted by Gasteiger charge is 2.09. The summed E-state index contributed by atoms with van der Waals surface area (Å²) in [6.07, 6.45) is 1.67.